The van der Waals surface area contributed by atoms with Gasteiger partial charge in [-0.05, 0) is 43.9 Å². The van der Waals surface area contributed by atoms with Gasteiger partial charge in [0.15, 0.2) is 0 Å². The number of carbonyl (C=O) groups is 1. The Labute approximate surface area is 124 Å². The van der Waals surface area contributed by atoms with E-state index < -0.39 is 0 Å². The zero-order valence-electron chi connectivity index (χ0n) is 12.9. The minimum Gasteiger partial charge on any atom is -0.343 e. The maximum atomic E-state index is 12.1. The number of hydrogen-bond donors (Lipinski definition) is 1. The quantitative estimate of drug-likeness (QED) is 0.867. The van der Waals surface area contributed by atoms with Crippen molar-refractivity contribution in [1.82, 2.24) is 4.90 Å². The molecule has 0 saturated carbocycles. The van der Waals surface area contributed by atoms with E-state index in [1.807, 2.05) is 11.8 Å². The van der Waals surface area contributed by atoms with Crippen LogP contribution in [-0.2, 0) is 4.79 Å². The molecule has 0 aliphatic carbocycles. The predicted octanol–water partition coefficient (Wildman–Crippen LogP) is 3.21. The Kier molecular flexibility index (Phi) is 7.99. The van der Waals surface area contributed by atoms with Crippen LogP contribution in [0.4, 0.5) is 0 Å². The van der Waals surface area contributed by atoms with Crippen LogP contribution < -0.4 is 5.73 Å². The van der Waals surface area contributed by atoms with Gasteiger partial charge in [0.25, 0.3) is 0 Å². The lowest BCUT2D eigenvalue weighted by atomic mass is 9.77. The molecule has 114 valence electrons. The molecule has 19 heavy (non-hydrogen) atoms. The van der Waals surface area contributed by atoms with Gasteiger partial charge < -0.3 is 10.6 Å². The fourth-order valence-electron chi connectivity index (χ4n) is 2.72. The number of likely N-dealkylation sites (tertiary alicyclic amines) is 1. The second-order valence-corrected chi connectivity index (χ2v) is 6.89. The summed E-state index contributed by atoms with van der Waals surface area (Å²) in [7, 11) is 0. The smallest absolute Gasteiger partial charge is 0.222 e. The predicted molar refractivity (Wildman–Crippen MR) is 83.5 cm³/mol. The van der Waals surface area contributed by atoms with E-state index in [0.29, 0.717) is 17.7 Å². The minimum atomic E-state index is 0. The summed E-state index contributed by atoms with van der Waals surface area (Å²) in [5, 5.41) is 0. The molecule has 1 aliphatic rings. The van der Waals surface area contributed by atoms with E-state index in [1.54, 1.807) is 0 Å². The largest absolute Gasteiger partial charge is 0.343 e. The van der Waals surface area contributed by atoms with Gasteiger partial charge >= 0.3 is 0 Å². The number of halogens is 1. The second-order valence-electron chi connectivity index (χ2n) is 6.89. The molecule has 0 aromatic heterocycles. The van der Waals surface area contributed by atoms with Crippen LogP contribution in [0.5, 0.6) is 0 Å². The Morgan fingerprint density at radius 2 is 1.95 bits per heavy atom. The number of nitrogens with zero attached hydrogens (tertiary/aromatic N) is 1. The zero-order valence-corrected chi connectivity index (χ0v) is 13.8. The van der Waals surface area contributed by atoms with Crippen LogP contribution in [-0.4, -0.2) is 29.9 Å². The van der Waals surface area contributed by atoms with E-state index in [-0.39, 0.29) is 18.4 Å². The van der Waals surface area contributed by atoms with E-state index in [9.17, 15) is 4.79 Å². The van der Waals surface area contributed by atoms with Gasteiger partial charge in [-0.3, -0.25) is 4.79 Å². The summed E-state index contributed by atoms with van der Waals surface area (Å²) in [5.74, 6) is 1.03. The number of rotatable bonds is 3. The van der Waals surface area contributed by atoms with Crippen LogP contribution in [0, 0.1) is 11.3 Å². The van der Waals surface area contributed by atoms with Crippen molar-refractivity contribution < 1.29 is 4.79 Å². The third-order valence-corrected chi connectivity index (χ3v) is 4.12. The highest BCUT2D eigenvalue weighted by atomic mass is 35.5. The van der Waals surface area contributed by atoms with Crippen LogP contribution in [0.1, 0.15) is 59.8 Å². The molecule has 0 radical (unpaired) electrons. The first-order chi connectivity index (χ1) is 8.30. The van der Waals surface area contributed by atoms with Crippen LogP contribution >= 0.6 is 12.4 Å². The van der Waals surface area contributed by atoms with Crippen molar-refractivity contribution in [1.29, 1.82) is 0 Å². The SMILES string of the molecule is CC(N)CCC(=O)N1CCCC(C(C)(C)C)CC1.Cl. The molecule has 2 N–H and O–H groups in total. The molecule has 4 heteroatoms. The molecule has 2 unspecified atom stereocenters. The molecule has 2 atom stereocenters. The van der Waals surface area contributed by atoms with Crippen molar-refractivity contribution in [3.8, 4) is 0 Å². The van der Waals surface area contributed by atoms with Gasteiger partial charge in [-0.25, -0.2) is 0 Å². The van der Waals surface area contributed by atoms with Crippen LogP contribution in [0.3, 0.4) is 0 Å². The Morgan fingerprint density at radius 1 is 1.32 bits per heavy atom. The third kappa shape index (κ3) is 6.62. The molecule has 1 saturated heterocycles. The van der Waals surface area contributed by atoms with Gasteiger partial charge in [0.2, 0.25) is 5.91 Å². The third-order valence-electron chi connectivity index (χ3n) is 4.12. The zero-order chi connectivity index (χ0) is 13.8. The molecular weight excluding hydrogens is 260 g/mol. The van der Waals surface area contributed by atoms with E-state index in [1.165, 1.54) is 6.42 Å². The van der Waals surface area contributed by atoms with Crippen molar-refractivity contribution in [3.05, 3.63) is 0 Å². The average Bonchev–Trinajstić information content (AvgIpc) is 2.50. The fraction of sp³-hybridized carbons (Fsp3) is 0.933. The highest BCUT2D eigenvalue weighted by Gasteiger charge is 2.28. The summed E-state index contributed by atoms with van der Waals surface area (Å²) in [4.78, 5) is 14.1. The van der Waals surface area contributed by atoms with Crippen molar-refractivity contribution in [2.75, 3.05) is 13.1 Å². The first-order valence-electron chi connectivity index (χ1n) is 7.34. The molecule has 1 rings (SSSR count). The lowest BCUT2D eigenvalue weighted by Gasteiger charge is -2.29. The summed E-state index contributed by atoms with van der Waals surface area (Å²) < 4.78 is 0. The summed E-state index contributed by atoms with van der Waals surface area (Å²) in [6, 6.07) is 0.128. The second kappa shape index (κ2) is 8.11. The highest BCUT2D eigenvalue weighted by molar-refractivity contribution is 5.85. The standard InChI is InChI=1S/C15H30N2O.ClH/c1-12(16)7-8-14(18)17-10-5-6-13(9-11-17)15(2,3)4;/h12-13H,5-11,16H2,1-4H3;1H. The molecule has 3 nitrogen and oxygen atoms in total. The number of carbonyl (C=O) groups excluding carboxylic acids is 1. The Bertz CT molecular complexity index is 274. The molecule has 0 spiro atoms. The fourth-order valence-corrected chi connectivity index (χ4v) is 2.72. The minimum absolute atomic E-state index is 0. The van der Waals surface area contributed by atoms with Gasteiger partial charge in [0.05, 0.1) is 0 Å². The first-order valence-corrected chi connectivity index (χ1v) is 7.34. The molecule has 1 aliphatic heterocycles. The van der Waals surface area contributed by atoms with Gasteiger partial charge in [-0.15, -0.1) is 12.4 Å². The van der Waals surface area contributed by atoms with E-state index >= 15 is 0 Å². The van der Waals surface area contributed by atoms with Gasteiger partial charge in [0, 0.05) is 25.6 Å². The van der Waals surface area contributed by atoms with Crippen molar-refractivity contribution >= 4 is 18.3 Å². The van der Waals surface area contributed by atoms with Crippen LogP contribution in [0.25, 0.3) is 0 Å². The topological polar surface area (TPSA) is 46.3 Å². The summed E-state index contributed by atoms with van der Waals surface area (Å²) >= 11 is 0. The lowest BCUT2D eigenvalue weighted by Crippen LogP contribution is -2.33. The van der Waals surface area contributed by atoms with Gasteiger partial charge in [-0.2, -0.15) is 0 Å². The van der Waals surface area contributed by atoms with Gasteiger partial charge in [0.1, 0.15) is 0 Å². The molecule has 0 aromatic carbocycles. The number of hydrogen-bond acceptors (Lipinski definition) is 2. The molecule has 0 bridgehead atoms. The van der Waals surface area contributed by atoms with E-state index in [4.69, 9.17) is 5.73 Å². The average molecular weight is 291 g/mol. The van der Waals surface area contributed by atoms with Crippen LogP contribution in [0.15, 0.2) is 0 Å². The number of amides is 1. The van der Waals surface area contributed by atoms with E-state index in [2.05, 4.69) is 20.8 Å². The highest BCUT2D eigenvalue weighted by Crippen LogP contribution is 2.34. The Balaban J connectivity index is 0.00000324. The maximum Gasteiger partial charge on any atom is 0.222 e. The molecular formula is C15H31ClN2O. The number of nitrogens with two attached hydrogens (primary N) is 1. The molecule has 1 amide bonds. The van der Waals surface area contributed by atoms with E-state index in [0.717, 1.165) is 38.3 Å². The molecule has 1 heterocycles. The first kappa shape index (κ1) is 18.7. The Hall–Kier alpha value is -0.280. The van der Waals surface area contributed by atoms with Crippen molar-refractivity contribution in [2.45, 2.75) is 65.8 Å². The Morgan fingerprint density at radius 3 is 2.47 bits per heavy atom. The molecule has 0 aromatic rings. The maximum absolute atomic E-state index is 12.1. The normalized spacial score (nSPS) is 22.4. The van der Waals surface area contributed by atoms with Crippen molar-refractivity contribution in [3.63, 3.8) is 0 Å². The summed E-state index contributed by atoms with van der Waals surface area (Å²) in [6.07, 6.45) is 4.95. The monoisotopic (exact) mass is 290 g/mol. The van der Waals surface area contributed by atoms with Crippen molar-refractivity contribution in [2.24, 2.45) is 17.1 Å². The summed E-state index contributed by atoms with van der Waals surface area (Å²) in [5.41, 5.74) is 6.08. The lowest BCUT2D eigenvalue weighted by molar-refractivity contribution is -0.131. The van der Waals surface area contributed by atoms with Crippen LogP contribution in [0.2, 0.25) is 0 Å². The van der Waals surface area contributed by atoms with Gasteiger partial charge in [-0.1, -0.05) is 20.8 Å². The summed E-state index contributed by atoms with van der Waals surface area (Å²) in [6.45, 7) is 10.8. The molecule has 1 fully saturated rings.